The van der Waals surface area contributed by atoms with Crippen molar-refractivity contribution >= 4 is 28.7 Å². The molecular formula is C24H19F3N6O2. The van der Waals surface area contributed by atoms with Crippen LogP contribution in [0.3, 0.4) is 0 Å². The van der Waals surface area contributed by atoms with Gasteiger partial charge in [0.2, 0.25) is 5.88 Å². The van der Waals surface area contributed by atoms with Gasteiger partial charge in [-0.1, -0.05) is 6.07 Å². The molecule has 1 fully saturated rings. The van der Waals surface area contributed by atoms with Gasteiger partial charge in [-0.25, -0.2) is 9.67 Å². The summed E-state index contributed by atoms with van der Waals surface area (Å²) in [5.41, 5.74) is -0.447. The average molecular weight is 480 g/mol. The molecule has 0 radical (unpaired) electrons. The molecule has 0 spiro atoms. The maximum absolute atomic E-state index is 14.2. The van der Waals surface area contributed by atoms with Crippen molar-refractivity contribution in [2.45, 2.75) is 25.1 Å². The van der Waals surface area contributed by atoms with Crippen LogP contribution in [-0.2, 0) is 6.18 Å². The Bertz CT molecular complexity index is 1440. The lowest BCUT2D eigenvalue weighted by Crippen LogP contribution is -2.21. The fourth-order valence-electron chi connectivity index (χ4n) is 3.65. The number of aromatic nitrogens is 4. The number of aliphatic imine (C=N–C) groups is 1. The van der Waals surface area contributed by atoms with Crippen molar-refractivity contribution in [3.05, 3.63) is 71.8 Å². The minimum Gasteiger partial charge on any atom is -0.474 e. The van der Waals surface area contributed by atoms with Gasteiger partial charge in [0.25, 0.3) is 5.91 Å². The summed E-state index contributed by atoms with van der Waals surface area (Å²) in [6, 6.07) is 9.57. The number of carbonyl (C=O) groups is 1. The Kier molecular flexibility index (Phi) is 5.67. The largest absolute Gasteiger partial charge is 0.474 e. The Morgan fingerprint density at radius 2 is 2.03 bits per heavy atom. The Labute approximate surface area is 197 Å². The first-order valence-corrected chi connectivity index (χ1v) is 10.7. The minimum atomic E-state index is -4.85. The smallest absolute Gasteiger partial charge is 0.434 e. The Balaban J connectivity index is 1.51. The molecule has 0 bridgehead atoms. The van der Waals surface area contributed by atoms with Gasteiger partial charge >= 0.3 is 6.18 Å². The summed E-state index contributed by atoms with van der Waals surface area (Å²) in [6.45, 7) is 0. The van der Waals surface area contributed by atoms with Gasteiger partial charge < -0.3 is 10.1 Å². The second kappa shape index (κ2) is 8.82. The number of pyridine rings is 2. The standard InChI is InChI=1S/C24H19F3N6O2/c1-28-11-14-10-15(12-30-23(14)35-16-7-8-16)32-22(34)18-13-31-33(21(18)24(25,26)27)20-6-2-5-19-17(20)4-3-9-29-19/h2-6,9-13,16H,7-8H2,1H3,(H,32,34)/b28-11+. The van der Waals surface area contributed by atoms with Crippen LogP contribution in [0.15, 0.2) is 60.0 Å². The molecule has 1 saturated carbocycles. The highest BCUT2D eigenvalue weighted by atomic mass is 19.4. The molecule has 8 nitrogen and oxygen atoms in total. The van der Waals surface area contributed by atoms with Gasteiger partial charge in [0.15, 0.2) is 5.69 Å². The zero-order valence-corrected chi connectivity index (χ0v) is 18.5. The quantitative estimate of drug-likeness (QED) is 0.405. The molecule has 35 heavy (non-hydrogen) atoms. The molecule has 11 heteroatoms. The summed E-state index contributed by atoms with van der Waals surface area (Å²) in [7, 11) is 1.57. The van der Waals surface area contributed by atoms with E-state index >= 15 is 0 Å². The lowest BCUT2D eigenvalue weighted by Gasteiger charge is -2.14. The zero-order valence-electron chi connectivity index (χ0n) is 18.5. The summed E-state index contributed by atoms with van der Waals surface area (Å²) in [5, 5.41) is 6.87. The third-order valence-electron chi connectivity index (χ3n) is 5.34. The first-order valence-electron chi connectivity index (χ1n) is 10.7. The van der Waals surface area contributed by atoms with Crippen molar-refractivity contribution in [3.8, 4) is 11.6 Å². The van der Waals surface area contributed by atoms with Crippen LogP contribution >= 0.6 is 0 Å². The number of nitrogens with one attached hydrogen (secondary N) is 1. The van der Waals surface area contributed by atoms with Crippen LogP contribution in [0, 0.1) is 0 Å². The first-order chi connectivity index (χ1) is 16.8. The molecule has 178 valence electrons. The zero-order chi connectivity index (χ0) is 24.6. The van der Waals surface area contributed by atoms with Crippen molar-refractivity contribution in [2.75, 3.05) is 12.4 Å². The number of ether oxygens (including phenoxy) is 1. The molecule has 1 aliphatic carbocycles. The normalized spacial score (nSPS) is 13.9. The number of fused-ring (bicyclic) bond motifs is 1. The van der Waals surface area contributed by atoms with Gasteiger partial charge in [-0.05, 0) is 43.2 Å². The molecule has 0 unspecified atom stereocenters. The van der Waals surface area contributed by atoms with Crippen molar-refractivity contribution in [1.82, 2.24) is 19.7 Å². The third-order valence-corrected chi connectivity index (χ3v) is 5.34. The second-order valence-corrected chi connectivity index (χ2v) is 7.94. The fraction of sp³-hybridized carbons (Fsp3) is 0.208. The molecule has 3 aromatic heterocycles. The van der Waals surface area contributed by atoms with Gasteiger partial charge in [0.05, 0.1) is 40.4 Å². The van der Waals surface area contributed by atoms with E-state index in [1.54, 1.807) is 43.6 Å². The highest BCUT2D eigenvalue weighted by Gasteiger charge is 2.41. The van der Waals surface area contributed by atoms with Gasteiger partial charge in [0.1, 0.15) is 6.10 Å². The van der Waals surface area contributed by atoms with E-state index in [0.717, 1.165) is 23.7 Å². The Morgan fingerprint density at radius 3 is 2.77 bits per heavy atom. The molecule has 1 aliphatic rings. The van der Waals surface area contributed by atoms with Crippen LogP contribution in [0.25, 0.3) is 16.6 Å². The van der Waals surface area contributed by atoms with E-state index < -0.39 is 23.3 Å². The number of amides is 1. The molecule has 1 N–H and O–H groups in total. The average Bonchev–Trinajstić information content (AvgIpc) is 3.53. The number of hydrogen-bond donors (Lipinski definition) is 1. The lowest BCUT2D eigenvalue weighted by atomic mass is 10.1. The summed E-state index contributed by atoms with van der Waals surface area (Å²) >= 11 is 0. The van der Waals surface area contributed by atoms with Crippen molar-refractivity contribution < 1.29 is 22.7 Å². The number of rotatable bonds is 6. The van der Waals surface area contributed by atoms with E-state index in [4.69, 9.17) is 4.74 Å². The van der Waals surface area contributed by atoms with Crippen LogP contribution in [0.5, 0.6) is 5.88 Å². The van der Waals surface area contributed by atoms with Gasteiger partial charge in [-0.2, -0.15) is 18.3 Å². The van der Waals surface area contributed by atoms with Crippen molar-refractivity contribution in [3.63, 3.8) is 0 Å². The first kappa shape index (κ1) is 22.5. The number of alkyl halides is 3. The number of hydrogen-bond acceptors (Lipinski definition) is 6. The predicted octanol–water partition coefficient (Wildman–Crippen LogP) is 4.68. The molecule has 5 rings (SSSR count). The monoisotopic (exact) mass is 480 g/mol. The number of anilines is 1. The summed E-state index contributed by atoms with van der Waals surface area (Å²) in [4.78, 5) is 25.3. The summed E-state index contributed by atoms with van der Waals surface area (Å²) < 4.78 is 49.0. The van der Waals surface area contributed by atoms with Crippen LogP contribution in [0.2, 0.25) is 0 Å². The van der Waals surface area contributed by atoms with Crippen molar-refractivity contribution in [2.24, 2.45) is 4.99 Å². The van der Waals surface area contributed by atoms with E-state index in [9.17, 15) is 18.0 Å². The van der Waals surface area contributed by atoms with Crippen molar-refractivity contribution in [1.29, 1.82) is 0 Å². The molecule has 4 aromatic rings. The minimum absolute atomic E-state index is 0.0939. The molecule has 0 atom stereocenters. The molecule has 3 heterocycles. The number of carbonyl (C=O) groups excluding carboxylic acids is 1. The molecule has 0 aliphatic heterocycles. The Hall–Kier alpha value is -4.28. The van der Waals surface area contributed by atoms with Gasteiger partial charge in [0, 0.05) is 24.8 Å². The van der Waals surface area contributed by atoms with E-state index in [2.05, 4.69) is 25.4 Å². The van der Waals surface area contributed by atoms with Crippen LogP contribution in [-0.4, -0.2) is 45.0 Å². The number of halogens is 3. The van der Waals surface area contributed by atoms with Crippen LogP contribution in [0.1, 0.15) is 34.5 Å². The molecule has 1 amide bonds. The molecule has 0 saturated heterocycles. The molecule has 1 aromatic carbocycles. The number of nitrogens with zero attached hydrogens (tertiary/aromatic N) is 5. The SMILES string of the molecule is C/N=C/c1cc(NC(=O)c2cnn(-c3cccc4ncccc34)c2C(F)(F)F)cnc1OC1CC1. The third kappa shape index (κ3) is 4.57. The maximum Gasteiger partial charge on any atom is 0.434 e. The number of benzene rings is 1. The molecular weight excluding hydrogens is 461 g/mol. The Morgan fingerprint density at radius 1 is 1.20 bits per heavy atom. The van der Waals surface area contributed by atoms with Gasteiger partial charge in [-0.15, -0.1) is 0 Å². The maximum atomic E-state index is 14.2. The van der Waals surface area contributed by atoms with E-state index in [0.29, 0.717) is 22.3 Å². The van der Waals surface area contributed by atoms with Gasteiger partial charge in [-0.3, -0.25) is 14.8 Å². The van der Waals surface area contributed by atoms with E-state index in [-0.39, 0.29) is 17.5 Å². The highest BCUT2D eigenvalue weighted by molar-refractivity contribution is 6.05. The predicted molar refractivity (Wildman–Crippen MR) is 123 cm³/mol. The topological polar surface area (TPSA) is 94.3 Å². The van der Waals surface area contributed by atoms with E-state index in [1.807, 2.05) is 0 Å². The highest BCUT2D eigenvalue weighted by Crippen LogP contribution is 2.35. The summed E-state index contributed by atoms with van der Waals surface area (Å²) in [5.74, 6) is -0.622. The van der Waals surface area contributed by atoms with Crippen LogP contribution in [0.4, 0.5) is 18.9 Å². The van der Waals surface area contributed by atoms with E-state index in [1.165, 1.54) is 18.5 Å². The summed E-state index contributed by atoms with van der Waals surface area (Å²) in [6.07, 6.45) is 2.39. The second-order valence-electron chi connectivity index (χ2n) is 7.94. The fourth-order valence-corrected chi connectivity index (χ4v) is 3.65. The van der Waals surface area contributed by atoms with Crippen LogP contribution < -0.4 is 10.1 Å². The lowest BCUT2D eigenvalue weighted by molar-refractivity contribution is -0.143.